The maximum atomic E-state index is 12.5. The zero-order valence-corrected chi connectivity index (χ0v) is 7.57. The number of carbonyl (C=O) groups excluding carboxylic acids is 1. The number of methoxy groups -OCH3 is 1. The largest absolute Gasteiger partial charge is 0.468 e. The highest BCUT2D eigenvalue weighted by molar-refractivity contribution is 5.83. The van der Waals surface area contributed by atoms with Crippen LogP contribution in [0.4, 0.5) is 13.2 Å². The number of hydrogen-bond donors (Lipinski definition) is 1. The van der Waals surface area contributed by atoms with Crippen LogP contribution in [-0.4, -0.2) is 31.3 Å². The number of hydrogen-bond acceptors (Lipinski definition) is 3. The van der Waals surface area contributed by atoms with E-state index in [1.165, 1.54) is 7.11 Å². The van der Waals surface area contributed by atoms with Crippen molar-refractivity contribution in [3.63, 3.8) is 0 Å². The van der Waals surface area contributed by atoms with E-state index in [0.717, 1.165) is 0 Å². The van der Waals surface area contributed by atoms with Gasteiger partial charge in [0, 0.05) is 6.54 Å². The molecule has 0 aromatic heterocycles. The summed E-state index contributed by atoms with van der Waals surface area (Å²) in [5.74, 6) is -0.588. The molecule has 0 radical (unpaired) electrons. The van der Waals surface area contributed by atoms with Crippen molar-refractivity contribution in [2.45, 2.75) is 24.6 Å². The molecule has 0 aromatic rings. The predicted octanol–water partition coefficient (Wildman–Crippen LogP) is 0.844. The van der Waals surface area contributed by atoms with Gasteiger partial charge in [-0.05, 0) is 12.8 Å². The third-order valence-electron chi connectivity index (χ3n) is 3.22. The Morgan fingerprint density at radius 3 is 2.36 bits per heavy atom. The van der Waals surface area contributed by atoms with Gasteiger partial charge in [0.1, 0.15) is 5.54 Å². The highest BCUT2D eigenvalue weighted by atomic mass is 19.4. The lowest BCUT2D eigenvalue weighted by Gasteiger charge is -2.44. The summed E-state index contributed by atoms with van der Waals surface area (Å²) in [5, 5.41) is 2.61. The Balaban J connectivity index is 2.15. The number of carbonyl (C=O) groups is 1. The lowest BCUT2D eigenvalue weighted by atomic mass is 9.61. The van der Waals surface area contributed by atoms with Gasteiger partial charge in [-0.1, -0.05) is 0 Å². The molecule has 0 atom stereocenters. The lowest BCUT2D eigenvalue weighted by molar-refractivity contribution is -0.243. The first-order valence-electron chi connectivity index (χ1n) is 4.25. The van der Waals surface area contributed by atoms with Crippen molar-refractivity contribution in [2.24, 2.45) is 5.41 Å². The molecule has 0 spiro atoms. The summed E-state index contributed by atoms with van der Waals surface area (Å²) in [6.45, 7) is -0.175. The maximum absolute atomic E-state index is 12.5. The monoisotopic (exact) mass is 209 g/mol. The molecule has 3 fully saturated rings. The summed E-state index contributed by atoms with van der Waals surface area (Å²) in [4.78, 5) is 11.2. The van der Waals surface area contributed by atoms with Gasteiger partial charge in [-0.3, -0.25) is 4.79 Å². The van der Waals surface area contributed by atoms with E-state index in [2.05, 4.69) is 10.1 Å². The molecule has 6 heteroatoms. The summed E-state index contributed by atoms with van der Waals surface area (Å²) in [5.41, 5.74) is -2.76. The highest BCUT2D eigenvalue weighted by Crippen LogP contribution is 2.62. The molecule has 2 bridgehead atoms. The molecule has 3 aliphatic rings. The standard InChI is InChI=1S/C8H10F3NO2/c1-14-5(13)7-2-6(3-7,4-12-7)8(9,10)11/h12H,2-4H2,1H3. The quantitative estimate of drug-likeness (QED) is 0.650. The van der Waals surface area contributed by atoms with Gasteiger partial charge < -0.3 is 10.1 Å². The number of fused-ring (bicyclic) bond motifs is 1. The molecule has 14 heavy (non-hydrogen) atoms. The Labute approximate surface area is 78.6 Å². The number of rotatable bonds is 1. The van der Waals surface area contributed by atoms with E-state index in [9.17, 15) is 18.0 Å². The van der Waals surface area contributed by atoms with Crippen molar-refractivity contribution in [2.75, 3.05) is 13.7 Å². The normalized spacial score (nSPS) is 40.6. The average Bonchev–Trinajstić information content (AvgIpc) is 2.55. The molecule has 1 aliphatic carbocycles. The van der Waals surface area contributed by atoms with Crippen LogP contribution in [0.2, 0.25) is 0 Å². The molecular weight excluding hydrogens is 199 g/mol. The SMILES string of the molecule is COC(=O)C12CC(C(F)(F)F)(CN1)C2. The smallest absolute Gasteiger partial charge is 0.395 e. The van der Waals surface area contributed by atoms with Crippen LogP contribution in [0.25, 0.3) is 0 Å². The van der Waals surface area contributed by atoms with Gasteiger partial charge in [0.05, 0.1) is 12.5 Å². The molecule has 0 aromatic carbocycles. The molecule has 1 saturated carbocycles. The third kappa shape index (κ3) is 0.945. The summed E-state index contributed by atoms with van der Waals surface area (Å²) in [6, 6.07) is 0. The van der Waals surface area contributed by atoms with Crippen LogP contribution in [0.3, 0.4) is 0 Å². The molecule has 0 amide bonds. The summed E-state index contributed by atoms with van der Waals surface area (Å²) in [6.07, 6.45) is -4.60. The molecule has 1 N–H and O–H groups in total. The lowest BCUT2D eigenvalue weighted by Crippen LogP contribution is -2.58. The molecule has 3 rings (SSSR count). The Kier molecular flexibility index (Phi) is 1.69. The van der Waals surface area contributed by atoms with Crippen molar-refractivity contribution in [1.29, 1.82) is 0 Å². The van der Waals surface area contributed by atoms with Crippen molar-refractivity contribution in [3.8, 4) is 0 Å². The van der Waals surface area contributed by atoms with Crippen molar-refractivity contribution in [3.05, 3.63) is 0 Å². The van der Waals surface area contributed by atoms with E-state index in [1.54, 1.807) is 0 Å². The van der Waals surface area contributed by atoms with Gasteiger partial charge in [0.15, 0.2) is 0 Å². The van der Waals surface area contributed by atoms with Crippen molar-refractivity contribution in [1.82, 2.24) is 5.32 Å². The fraction of sp³-hybridized carbons (Fsp3) is 0.875. The van der Waals surface area contributed by atoms with E-state index in [4.69, 9.17) is 0 Å². The van der Waals surface area contributed by atoms with E-state index in [0.29, 0.717) is 0 Å². The molecule has 3 nitrogen and oxygen atoms in total. The van der Waals surface area contributed by atoms with Gasteiger partial charge in [0.25, 0.3) is 0 Å². The Bertz CT molecular complexity index is 281. The first-order valence-corrected chi connectivity index (χ1v) is 4.25. The maximum Gasteiger partial charge on any atom is 0.395 e. The molecular formula is C8H10F3NO2. The van der Waals surface area contributed by atoms with Crippen molar-refractivity contribution >= 4 is 5.97 Å². The van der Waals surface area contributed by atoms with Gasteiger partial charge >= 0.3 is 12.1 Å². The van der Waals surface area contributed by atoms with Gasteiger partial charge in [-0.25, -0.2) is 0 Å². The van der Waals surface area contributed by atoms with Crippen LogP contribution < -0.4 is 5.32 Å². The van der Waals surface area contributed by atoms with E-state index in [-0.39, 0.29) is 19.4 Å². The number of nitrogens with one attached hydrogen (secondary N) is 1. The molecule has 0 unspecified atom stereocenters. The number of esters is 1. The number of alkyl halides is 3. The second-order valence-electron chi connectivity index (χ2n) is 4.06. The minimum Gasteiger partial charge on any atom is -0.468 e. The van der Waals surface area contributed by atoms with E-state index >= 15 is 0 Å². The van der Waals surface area contributed by atoms with Gasteiger partial charge in [-0.2, -0.15) is 13.2 Å². The minimum atomic E-state index is -4.23. The van der Waals surface area contributed by atoms with Crippen LogP contribution in [0.15, 0.2) is 0 Å². The second kappa shape index (κ2) is 2.42. The summed E-state index contributed by atoms with van der Waals surface area (Å²) in [7, 11) is 1.19. The first kappa shape index (κ1) is 9.76. The van der Waals surface area contributed by atoms with Crippen LogP contribution in [0.1, 0.15) is 12.8 Å². The van der Waals surface area contributed by atoms with E-state index in [1.807, 2.05) is 0 Å². The molecule has 80 valence electrons. The second-order valence-corrected chi connectivity index (χ2v) is 4.06. The summed E-state index contributed by atoms with van der Waals surface area (Å²) >= 11 is 0. The fourth-order valence-electron chi connectivity index (χ4n) is 2.40. The topological polar surface area (TPSA) is 38.3 Å². The van der Waals surface area contributed by atoms with Gasteiger partial charge in [-0.15, -0.1) is 0 Å². The van der Waals surface area contributed by atoms with Crippen molar-refractivity contribution < 1.29 is 22.7 Å². The zero-order chi connectivity index (χ0) is 10.6. The van der Waals surface area contributed by atoms with Gasteiger partial charge in [0.2, 0.25) is 0 Å². The fourth-order valence-corrected chi connectivity index (χ4v) is 2.40. The summed E-state index contributed by atoms with van der Waals surface area (Å²) < 4.78 is 42.0. The molecule has 2 saturated heterocycles. The first-order chi connectivity index (χ1) is 6.35. The number of ether oxygens (including phenoxy) is 1. The third-order valence-corrected chi connectivity index (χ3v) is 3.22. The number of halogens is 3. The Hall–Kier alpha value is -0.780. The predicted molar refractivity (Wildman–Crippen MR) is 40.5 cm³/mol. The zero-order valence-electron chi connectivity index (χ0n) is 7.57. The van der Waals surface area contributed by atoms with Crippen LogP contribution >= 0.6 is 0 Å². The van der Waals surface area contributed by atoms with Crippen LogP contribution in [0.5, 0.6) is 0 Å². The minimum absolute atomic E-state index is 0.175. The Morgan fingerprint density at radius 1 is 1.43 bits per heavy atom. The Morgan fingerprint density at radius 2 is 2.00 bits per heavy atom. The molecule has 2 heterocycles. The molecule has 2 aliphatic heterocycles. The van der Waals surface area contributed by atoms with Crippen LogP contribution in [-0.2, 0) is 9.53 Å². The highest BCUT2D eigenvalue weighted by Gasteiger charge is 2.75. The van der Waals surface area contributed by atoms with Crippen LogP contribution in [0, 0.1) is 5.41 Å². The average molecular weight is 209 g/mol. The van der Waals surface area contributed by atoms with E-state index < -0.39 is 23.1 Å².